The quantitative estimate of drug-likeness (QED) is 0.841. The zero-order valence-corrected chi connectivity index (χ0v) is 15.2. The molecule has 140 valence electrons. The molecule has 2 atom stereocenters. The van der Waals surface area contributed by atoms with E-state index < -0.39 is 11.7 Å². The van der Waals surface area contributed by atoms with Crippen LogP contribution in [-0.2, 0) is 4.74 Å². The summed E-state index contributed by atoms with van der Waals surface area (Å²) in [5.41, 5.74) is 0.136. The van der Waals surface area contributed by atoms with Gasteiger partial charge in [-0.3, -0.25) is 9.59 Å². The van der Waals surface area contributed by atoms with Crippen LogP contribution in [0.2, 0.25) is 0 Å². The van der Waals surface area contributed by atoms with Crippen LogP contribution in [0.25, 0.3) is 11.0 Å². The number of nitrogens with zero attached hydrogens (tertiary/aromatic N) is 2. The van der Waals surface area contributed by atoms with E-state index in [1.165, 1.54) is 6.07 Å². The van der Waals surface area contributed by atoms with Gasteiger partial charge in [-0.2, -0.15) is 0 Å². The Labute approximate surface area is 150 Å². The highest BCUT2D eigenvalue weighted by atomic mass is 19.1. The minimum Gasteiger partial charge on any atom is -0.372 e. The van der Waals surface area contributed by atoms with Crippen molar-refractivity contribution in [1.82, 2.24) is 10.5 Å². The molecule has 3 rings (SSSR count). The molecule has 26 heavy (non-hydrogen) atoms. The summed E-state index contributed by atoms with van der Waals surface area (Å²) in [6.07, 6.45) is 0.380. The lowest BCUT2D eigenvalue weighted by Crippen LogP contribution is -2.46. The molecule has 1 aliphatic heterocycles. The SMILES string of the molecule is CC(C)NC(=O)c1noc2c(F)c(N3CC(C)OC(C)C3)c(C=O)cc12. The first-order valence-electron chi connectivity index (χ1n) is 8.60. The lowest BCUT2D eigenvalue weighted by atomic mass is 10.1. The van der Waals surface area contributed by atoms with E-state index in [-0.39, 0.29) is 46.2 Å². The van der Waals surface area contributed by atoms with Gasteiger partial charge in [0.25, 0.3) is 5.91 Å². The number of aromatic nitrogens is 1. The summed E-state index contributed by atoms with van der Waals surface area (Å²) in [5.74, 6) is -1.17. The molecule has 0 saturated carbocycles. The topological polar surface area (TPSA) is 84.7 Å². The number of morpholine rings is 1. The maximum atomic E-state index is 15.2. The van der Waals surface area contributed by atoms with Crippen molar-refractivity contribution < 1.29 is 23.2 Å². The van der Waals surface area contributed by atoms with Crippen LogP contribution in [0.4, 0.5) is 10.1 Å². The van der Waals surface area contributed by atoms with E-state index in [4.69, 9.17) is 9.26 Å². The second-order valence-corrected chi connectivity index (χ2v) is 6.94. The van der Waals surface area contributed by atoms with Gasteiger partial charge < -0.3 is 19.5 Å². The fourth-order valence-corrected chi connectivity index (χ4v) is 3.31. The maximum Gasteiger partial charge on any atom is 0.274 e. The zero-order chi connectivity index (χ0) is 19.0. The lowest BCUT2D eigenvalue weighted by molar-refractivity contribution is -0.00543. The van der Waals surface area contributed by atoms with Crippen LogP contribution in [0.5, 0.6) is 0 Å². The average molecular weight is 363 g/mol. The molecule has 2 unspecified atom stereocenters. The van der Waals surface area contributed by atoms with E-state index in [2.05, 4.69) is 10.5 Å². The first-order chi connectivity index (χ1) is 12.3. The second-order valence-electron chi connectivity index (χ2n) is 6.94. The summed E-state index contributed by atoms with van der Waals surface area (Å²) in [6.45, 7) is 8.28. The summed E-state index contributed by atoms with van der Waals surface area (Å²) < 4.78 is 26.0. The van der Waals surface area contributed by atoms with E-state index in [1.807, 2.05) is 13.8 Å². The number of ether oxygens (including phenoxy) is 1. The Morgan fingerprint density at radius 3 is 2.62 bits per heavy atom. The number of carbonyl (C=O) groups excluding carboxylic acids is 2. The summed E-state index contributed by atoms with van der Waals surface area (Å²) in [5, 5.41) is 6.58. The molecular formula is C18H22FN3O4. The highest BCUT2D eigenvalue weighted by molar-refractivity contribution is 6.07. The number of hydrogen-bond acceptors (Lipinski definition) is 6. The third kappa shape index (κ3) is 3.29. The Balaban J connectivity index is 2.10. The van der Waals surface area contributed by atoms with Gasteiger partial charge in [0.15, 0.2) is 17.8 Å². The number of rotatable bonds is 4. The number of aldehydes is 1. The Hall–Kier alpha value is -2.48. The molecule has 0 radical (unpaired) electrons. The molecule has 2 aromatic rings. The minimum absolute atomic E-state index is 0.0361. The van der Waals surface area contributed by atoms with Gasteiger partial charge in [0, 0.05) is 24.7 Å². The predicted octanol–water partition coefficient (Wildman–Crippen LogP) is 2.53. The van der Waals surface area contributed by atoms with Crippen molar-refractivity contribution >= 4 is 28.8 Å². The molecule has 2 heterocycles. The van der Waals surface area contributed by atoms with Gasteiger partial charge in [0.1, 0.15) is 0 Å². The van der Waals surface area contributed by atoms with E-state index in [0.29, 0.717) is 19.4 Å². The van der Waals surface area contributed by atoms with Gasteiger partial charge in [-0.25, -0.2) is 4.39 Å². The van der Waals surface area contributed by atoms with Crippen molar-refractivity contribution in [3.8, 4) is 0 Å². The third-order valence-corrected chi connectivity index (χ3v) is 4.21. The summed E-state index contributed by atoms with van der Waals surface area (Å²) in [6, 6.07) is 1.34. The van der Waals surface area contributed by atoms with Gasteiger partial charge in [0.2, 0.25) is 5.58 Å². The smallest absolute Gasteiger partial charge is 0.274 e. The Morgan fingerprint density at radius 2 is 2.04 bits per heavy atom. The number of anilines is 1. The van der Waals surface area contributed by atoms with Crippen molar-refractivity contribution in [2.45, 2.75) is 45.9 Å². The number of benzene rings is 1. The molecule has 0 aliphatic carbocycles. The van der Waals surface area contributed by atoms with Crippen LogP contribution in [0, 0.1) is 5.82 Å². The standard InChI is InChI=1S/C18H22FN3O4/c1-9(2)20-18(24)15-13-5-12(8-23)16(14(19)17(13)26-21-15)22-6-10(3)25-11(4)7-22/h5,8-11H,6-7H2,1-4H3,(H,20,24). The van der Waals surface area contributed by atoms with E-state index >= 15 is 4.39 Å². The van der Waals surface area contributed by atoms with E-state index in [0.717, 1.165) is 0 Å². The van der Waals surface area contributed by atoms with Gasteiger partial charge in [0.05, 0.1) is 23.3 Å². The van der Waals surface area contributed by atoms with Crippen molar-refractivity contribution in [2.75, 3.05) is 18.0 Å². The number of hydrogen-bond donors (Lipinski definition) is 1. The molecule has 1 aromatic carbocycles. The van der Waals surface area contributed by atoms with Crippen molar-refractivity contribution in [1.29, 1.82) is 0 Å². The average Bonchev–Trinajstić information content (AvgIpc) is 2.97. The highest BCUT2D eigenvalue weighted by Gasteiger charge is 2.30. The normalized spacial score (nSPS) is 20.6. The highest BCUT2D eigenvalue weighted by Crippen LogP contribution is 2.34. The lowest BCUT2D eigenvalue weighted by Gasteiger charge is -2.37. The van der Waals surface area contributed by atoms with Gasteiger partial charge in [-0.1, -0.05) is 5.16 Å². The van der Waals surface area contributed by atoms with Crippen LogP contribution in [0.1, 0.15) is 48.5 Å². The van der Waals surface area contributed by atoms with Gasteiger partial charge in [-0.15, -0.1) is 0 Å². The first-order valence-corrected chi connectivity index (χ1v) is 8.60. The monoisotopic (exact) mass is 363 g/mol. The van der Waals surface area contributed by atoms with Gasteiger partial charge >= 0.3 is 0 Å². The molecule has 0 spiro atoms. The zero-order valence-electron chi connectivity index (χ0n) is 15.2. The molecule has 1 N–H and O–H groups in total. The van der Waals surface area contributed by atoms with Crippen molar-refractivity contribution in [3.63, 3.8) is 0 Å². The largest absolute Gasteiger partial charge is 0.372 e. The third-order valence-electron chi connectivity index (χ3n) is 4.21. The summed E-state index contributed by atoms with van der Waals surface area (Å²) in [7, 11) is 0. The molecule has 1 saturated heterocycles. The Morgan fingerprint density at radius 1 is 1.38 bits per heavy atom. The minimum atomic E-state index is -0.693. The number of halogens is 1. The van der Waals surface area contributed by atoms with Crippen LogP contribution in [0.3, 0.4) is 0 Å². The fraction of sp³-hybridized carbons (Fsp3) is 0.500. The molecular weight excluding hydrogens is 341 g/mol. The molecule has 7 nitrogen and oxygen atoms in total. The number of carbonyl (C=O) groups is 2. The molecule has 8 heteroatoms. The second kappa shape index (κ2) is 7.03. The van der Waals surface area contributed by atoms with Crippen LogP contribution < -0.4 is 10.2 Å². The number of nitrogens with one attached hydrogen (secondary N) is 1. The summed E-state index contributed by atoms with van der Waals surface area (Å²) >= 11 is 0. The molecule has 1 aliphatic rings. The molecule has 0 bridgehead atoms. The van der Waals surface area contributed by atoms with Gasteiger partial charge in [-0.05, 0) is 33.8 Å². The maximum absolute atomic E-state index is 15.2. The summed E-state index contributed by atoms with van der Waals surface area (Å²) in [4.78, 5) is 25.6. The first kappa shape index (κ1) is 18.3. The predicted molar refractivity (Wildman–Crippen MR) is 94.2 cm³/mol. The number of fused-ring (bicyclic) bond motifs is 1. The number of amides is 1. The van der Waals surface area contributed by atoms with Crippen LogP contribution in [0.15, 0.2) is 10.6 Å². The van der Waals surface area contributed by atoms with Crippen LogP contribution in [-0.4, -0.2) is 48.7 Å². The molecule has 1 fully saturated rings. The molecule has 1 aromatic heterocycles. The Kier molecular flexibility index (Phi) is 4.95. The van der Waals surface area contributed by atoms with E-state index in [1.54, 1.807) is 18.7 Å². The van der Waals surface area contributed by atoms with Crippen molar-refractivity contribution in [2.24, 2.45) is 0 Å². The Bertz CT molecular complexity index is 839. The van der Waals surface area contributed by atoms with Crippen LogP contribution >= 0.6 is 0 Å². The van der Waals surface area contributed by atoms with E-state index in [9.17, 15) is 9.59 Å². The fourth-order valence-electron chi connectivity index (χ4n) is 3.31. The van der Waals surface area contributed by atoms with Crippen molar-refractivity contribution in [3.05, 3.63) is 23.1 Å². The molecule has 1 amide bonds.